The highest BCUT2D eigenvalue weighted by atomic mass is 35.5. The number of alkyl halides is 1. The fourth-order valence-electron chi connectivity index (χ4n) is 0.827. The minimum absolute atomic E-state index is 0.0114. The lowest BCUT2D eigenvalue weighted by Crippen LogP contribution is -2.34. The van der Waals surface area contributed by atoms with Crippen molar-refractivity contribution in [1.29, 1.82) is 0 Å². The van der Waals surface area contributed by atoms with Gasteiger partial charge >= 0.3 is 0 Å². The summed E-state index contributed by atoms with van der Waals surface area (Å²) in [7, 11) is -3.24. The second kappa shape index (κ2) is 7.44. The van der Waals surface area contributed by atoms with Crippen LogP contribution in [-0.2, 0) is 14.8 Å². The van der Waals surface area contributed by atoms with Gasteiger partial charge in [-0.2, -0.15) is 0 Å². The van der Waals surface area contributed by atoms with Crippen molar-refractivity contribution in [2.45, 2.75) is 26.1 Å². The lowest BCUT2D eigenvalue weighted by Gasteiger charge is -2.14. The van der Waals surface area contributed by atoms with Gasteiger partial charge in [-0.1, -0.05) is 13.8 Å². The maximum Gasteiger partial charge on any atom is 0.213 e. The first-order chi connectivity index (χ1) is 6.89. The summed E-state index contributed by atoms with van der Waals surface area (Å²) in [5.74, 6) is 0.240. The first kappa shape index (κ1) is 15.2. The average Bonchev–Trinajstić information content (AvgIpc) is 2.14. The number of nitrogens with one attached hydrogen (secondary N) is 1. The van der Waals surface area contributed by atoms with Crippen molar-refractivity contribution in [2.24, 2.45) is 5.92 Å². The summed E-state index contributed by atoms with van der Waals surface area (Å²) >= 11 is 5.92. The smallest absolute Gasteiger partial charge is 0.213 e. The molecule has 15 heavy (non-hydrogen) atoms. The number of ether oxygens (including phenoxy) is 1. The molecule has 0 saturated carbocycles. The van der Waals surface area contributed by atoms with E-state index in [4.69, 9.17) is 16.3 Å². The third-order valence-electron chi connectivity index (χ3n) is 1.92. The topological polar surface area (TPSA) is 55.4 Å². The highest BCUT2D eigenvalue weighted by molar-refractivity contribution is 7.89. The summed E-state index contributed by atoms with van der Waals surface area (Å²) < 4.78 is 30.2. The fourth-order valence-corrected chi connectivity index (χ4v) is 1.91. The Morgan fingerprint density at radius 3 is 2.47 bits per heavy atom. The number of rotatable bonds is 8. The van der Waals surface area contributed by atoms with E-state index in [1.54, 1.807) is 0 Å². The summed E-state index contributed by atoms with van der Waals surface area (Å²) in [5, 5.41) is -0.174. The van der Waals surface area contributed by atoms with Gasteiger partial charge in [0, 0.05) is 18.5 Å². The van der Waals surface area contributed by atoms with Crippen LogP contribution in [0.1, 0.15) is 20.8 Å². The lowest BCUT2D eigenvalue weighted by atomic mass is 10.1. The van der Waals surface area contributed by atoms with Gasteiger partial charge in [-0.3, -0.25) is 0 Å². The van der Waals surface area contributed by atoms with Crippen LogP contribution in [0.3, 0.4) is 0 Å². The van der Waals surface area contributed by atoms with Crippen LogP contribution in [-0.4, -0.2) is 39.3 Å². The van der Waals surface area contributed by atoms with Crippen LogP contribution in [0.2, 0.25) is 0 Å². The Morgan fingerprint density at radius 1 is 1.40 bits per heavy atom. The molecule has 92 valence electrons. The highest BCUT2D eigenvalue weighted by Crippen LogP contribution is 2.07. The van der Waals surface area contributed by atoms with Crippen molar-refractivity contribution in [3.8, 4) is 0 Å². The minimum atomic E-state index is -3.24. The van der Waals surface area contributed by atoms with E-state index in [1.807, 2.05) is 20.8 Å². The van der Waals surface area contributed by atoms with Gasteiger partial charge in [-0.05, 0) is 12.8 Å². The predicted octanol–water partition coefficient (Wildman–Crippen LogP) is 1.21. The van der Waals surface area contributed by atoms with Crippen molar-refractivity contribution in [1.82, 2.24) is 4.72 Å². The number of hydrogen-bond acceptors (Lipinski definition) is 3. The molecule has 0 aromatic carbocycles. The molecule has 0 rings (SSSR count). The maximum absolute atomic E-state index is 11.4. The normalized spacial score (nSPS) is 14.5. The number of sulfonamides is 1. The third-order valence-corrected chi connectivity index (χ3v) is 3.89. The Kier molecular flexibility index (Phi) is 7.52. The Hall–Kier alpha value is 0.160. The second-order valence-electron chi connectivity index (χ2n) is 3.62. The van der Waals surface area contributed by atoms with Crippen molar-refractivity contribution >= 4 is 21.6 Å². The largest absolute Gasteiger partial charge is 0.381 e. The van der Waals surface area contributed by atoms with E-state index in [0.717, 1.165) is 0 Å². The van der Waals surface area contributed by atoms with Gasteiger partial charge in [-0.25, -0.2) is 13.1 Å². The molecule has 0 saturated heterocycles. The van der Waals surface area contributed by atoms with Gasteiger partial charge in [0.1, 0.15) is 0 Å². The summed E-state index contributed by atoms with van der Waals surface area (Å²) in [6.45, 7) is 6.75. The standard InChI is InChI=1S/C9H20ClNO3S/c1-4-14-5-6-15(12,13)11-7-9(10)8(2)3/h8-9,11H,4-7H2,1-3H3. The zero-order valence-corrected chi connectivity index (χ0v) is 11.1. The molecule has 0 heterocycles. The molecular weight excluding hydrogens is 238 g/mol. The molecule has 4 nitrogen and oxygen atoms in total. The van der Waals surface area contributed by atoms with Gasteiger partial charge in [-0.15, -0.1) is 11.6 Å². The van der Waals surface area contributed by atoms with E-state index < -0.39 is 10.0 Å². The molecule has 0 aliphatic heterocycles. The number of halogens is 1. The van der Waals surface area contributed by atoms with Crippen LogP contribution in [0.4, 0.5) is 0 Å². The molecule has 0 amide bonds. The summed E-state index contributed by atoms with van der Waals surface area (Å²) in [4.78, 5) is 0. The third kappa shape index (κ3) is 8.02. The zero-order valence-electron chi connectivity index (χ0n) is 9.49. The summed E-state index contributed by atoms with van der Waals surface area (Å²) in [5.41, 5.74) is 0. The zero-order chi connectivity index (χ0) is 11.9. The molecule has 0 aromatic heterocycles. The monoisotopic (exact) mass is 257 g/mol. The first-order valence-corrected chi connectivity index (χ1v) is 7.17. The number of hydrogen-bond donors (Lipinski definition) is 1. The van der Waals surface area contributed by atoms with E-state index in [0.29, 0.717) is 6.61 Å². The Bertz CT molecular complexity index is 254. The van der Waals surface area contributed by atoms with Crippen LogP contribution < -0.4 is 4.72 Å². The fraction of sp³-hybridized carbons (Fsp3) is 1.00. The minimum Gasteiger partial charge on any atom is -0.381 e. The molecule has 0 radical (unpaired) electrons. The molecule has 0 aliphatic rings. The van der Waals surface area contributed by atoms with Crippen molar-refractivity contribution in [3.63, 3.8) is 0 Å². The maximum atomic E-state index is 11.4. The van der Waals surface area contributed by atoms with E-state index in [9.17, 15) is 8.42 Å². The molecular formula is C9H20ClNO3S. The lowest BCUT2D eigenvalue weighted by molar-refractivity contribution is 0.163. The molecule has 0 aromatic rings. The van der Waals surface area contributed by atoms with Crippen LogP contribution in [0.15, 0.2) is 0 Å². The van der Waals surface area contributed by atoms with Gasteiger partial charge in [0.25, 0.3) is 0 Å². The molecule has 1 unspecified atom stereocenters. The molecule has 0 spiro atoms. The second-order valence-corrected chi connectivity index (χ2v) is 6.11. The van der Waals surface area contributed by atoms with Crippen LogP contribution >= 0.6 is 11.6 Å². The predicted molar refractivity (Wildman–Crippen MR) is 62.8 cm³/mol. The molecule has 0 fully saturated rings. The molecule has 0 bridgehead atoms. The van der Waals surface area contributed by atoms with Gasteiger partial charge in [0.05, 0.1) is 12.4 Å². The average molecular weight is 258 g/mol. The Labute approximate surface area is 97.4 Å². The van der Waals surface area contributed by atoms with Gasteiger partial charge in [0.2, 0.25) is 10.0 Å². The van der Waals surface area contributed by atoms with Crippen molar-refractivity contribution in [2.75, 3.05) is 25.5 Å². The molecule has 1 atom stereocenters. The van der Waals surface area contributed by atoms with Crippen molar-refractivity contribution < 1.29 is 13.2 Å². The van der Waals surface area contributed by atoms with E-state index in [1.165, 1.54) is 0 Å². The van der Waals surface area contributed by atoms with Crippen LogP contribution in [0, 0.1) is 5.92 Å². The quantitative estimate of drug-likeness (QED) is 0.525. The molecule has 1 N–H and O–H groups in total. The summed E-state index contributed by atoms with van der Waals surface area (Å²) in [6, 6.07) is 0. The highest BCUT2D eigenvalue weighted by Gasteiger charge is 2.14. The SMILES string of the molecule is CCOCCS(=O)(=O)NCC(Cl)C(C)C. The first-order valence-electron chi connectivity index (χ1n) is 5.08. The molecule has 0 aliphatic carbocycles. The Balaban J connectivity index is 3.84. The van der Waals surface area contributed by atoms with E-state index in [2.05, 4.69) is 4.72 Å². The van der Waals surface area contributed by atoms with Gasteiger partial charge in [0.15, 0.2) is 0 Å². The summed E-state index contributed by atoms with van der Waals surface area (Å²) in [6.07, 6.45) is 0. The van der Waals surface area contributed by atoms with E-state index >= 15 is 0 Å². The van der Waals surface area contributed by atoms with Crippen LogP contribution in [0.5, 0.6) is 0 Å². The van der Waals surface area contributed by atoms with E-state index in [-0.39, 0.29) is 30.2 Å². The van der Waals surface area contributed by atoms with Crippen molar-refractivity contribution in [3.05, 3.63) is 0 Å². The van der Waals surface area contributed by atoms with Crippen LogP contribution in [0.25, 0.3) is 0 Å². The van der Waals surface area contributed by atoms with Gasteiger partial charge < -0.3 is 4.74 Å². The Morgan fingerprint density at radius 2 is 2.00 bits per heavy atom. The molecule has 6 heteroatoms.